The predicted molar refractivity (Wildman–Crippen MR) is 103 cm³/mol. The van der Waals surface area contributed by atoms with Crippen molar-refractivity contribution in [2.45, 2.75) is 78.3 Å². The van der Waals surface area contributed by atoms with E-state index in [1.807, 2.05) is 31.2 Å². The number of carbonyl (C=O) groups excluding carboxylic acids is 1. The molecule has 0 aliphatic heterocycles. The number of unbranched alkanes of at least 4 members (excludes halogenated alkanes) is 3. The van der Waals surface area contributed by atoms with Crippen LogP contribution in [0.5, 0.6) is 0 Å². The predicted octanol–water partition coefficient (Wildman–Crippen LogP) is 4.52. The van der Waals surface area contributed by atoms with Gasteiger partial charge in [0, 0.05) is 12.6 Å². The first-order chi connectivity index (χ1) is 12.1. The quantitative estimate of drug-likeness (QED) is 0.679. The van der Waals surface area contributed by atoms with Gasteiger partial charge in [-0.3, -0.25) is 4.57 Å². The monoisotopic (exact) mass is 345 g/mol. The third-order valence-electron chi connectivity index (χ3n) is 4.73. The van der Waals surface area contributed by atoms with Gasteiger partial charge in [-0.05, 0) is 31.9 Å². The number of amides is 1. The molecule has 1 N–H and O–H groups in total. The van der Waals surface area contributed by atoms with Gasteiger partial charge in [0.15, 0.2) is 0 Å². The highest BCUT2D eigenvalue weighted by Gasteiger charge is 2.19. The summed E-state index contributed by atoms with van der Waals surface area (Å²) in [6.07, 6.45) is 7.68. The Balaban J connectivity index is 2.20. The van der Waals surface area contributed by atoms with Gasteiger partial charge in [0.2, 0.25) is 0 Å². The lowest BCUT2D eigenvalue weighted by molar-refractivity contribution is 0.236. The van der Waals surface area contributed by atoms with E-state index in [0.29, 0.717) is 12.1 Å². The van der Waals surface area contributed by atoms with Crippen LogP contribution in [0.15, 0.2) is 29.1 Å². The van der Waals surface area contributed by atoms with Crippen LogP contribution in [0.1, 0.15) is 65.7 Å². The number of para-hydroxylation sites is 2. The molecule has 1 amide bonds. The fourth-order valence-electron chi connectivity index (χ4n) is 3.40. The molecule has 1 unspecified atom stereocenters. The summed E-state index contributed by atoms with van der Waals surface area (Å²) >= 11 is 0. The van der Waals surface area contributed by atoms with E-state index in [9.17, 15) is 9.59 Å². The zero-order valence-corrected chi connectivity index (χ0v) is 15.8. The molecule has 0 aliphatic carbocycles. The van der Waals surface area contributed by atoms with E-state index < -0.39 is 0 Å². The van der Waals surface area contributed by atoms with E-state index in [1.54, 1.807) is 4.57 Å². The molecule has 1 aromatic carbocycles. The molecule has 0 saturated carbocycles. The molecule has 0 aliphatic rings. The van der Waals surface area contributed by atoms with Crippen LogP contribution in [0.25, 0.3) is 11.0 Å². The molecule has 25 heavy (non-hydrogen) atoms. The molecule has 1 aromatic heterocycles. The SMILES string of the molecule is CCCCCCC(CCC)NC(=O)n1c(=O)n(CC)c2ccccc21. The molecule has 1 atom stereocenters. The molecule has 0 spiro atoms. The topological polar surface area (TPSA) is 56.0 Å². The minimum Gasteiger partial charge on any atom is -0.335 e. The Morgan fingerprint density at radius 2 is 1.72 bits per heavy atom. The van der Waals surface area contributed by atoms with Crippen LogP contribution in [0.2, 0.25) is 0 Å². The Morgan fingerprint density at radius 3 is 2.36 bits per heavy atom. The Bertz CT molecular complexity index is 745. The van der Waals surface area contributed by atoms with E-state index in [0.717, 1.165) is 31.2 Å². The van der Waals surface area contributed by atoms with Gasteiger partial charge in [0.1, 0.15) is 0 Å². The normalized spacial score (nSPS) is 12.4. The van der Waals surface area contributed by atoms with E-state index in [1.165, 1.54) is 23.8 Å². The molecule has 0 radical (unpaired) electrons. The Hall–Kier alpha value is -2.04. The standard InChI is InChI=1S/C20H31N3O2/c1-4-7-8-9-13-16(12-5-2)21-19(24)23-18-15-11-10-14-17(18)22(6-3)20(23)25/h10-11,14-16H,4-9,12-13H2,1-3H3,(H,21,24). The highest BCUT2D eigenvalue weighted by Crippen LogP contribution is 2.14. The van der Waals surface area contributed by atoms with Gasteiger partial charge in [-0.1, -0.05) is 58.1 Å². The van der Waals surface area contributed by atoms with Crippen LogP contribution in [0.4, 0.5) is 4.79 Å². The van der Waals surface area contributed by atoms with Crippen molar-refractivity contribution in [3.8, 4) is 0 Å². The summed E-state index contributed by atoms with van der Waals surface area (Å²) in [7, 11) is 0. The van der Waals surface area contributed by atoms with Gasteiger partial charge in [-0.25, -0.2) is 14.2 Å². The molecular weight excluding hydrogens is 314 g/mol. The van der Waals surface area contributed by atoms with Crippen LogP contribution >= 0.6 is 0 Å². The maximum Gasteiger partial charge on any atom is 0.337 e. The second kappa shape index (κ2) is 9.44. The molecule has 5 heteroatoms. The number of hydrogen-bond acceptors (Lipinski definition) is 2. The highest BCUT2D eigenvalue weighted by molar-refractivity contribution is 5.89. The van der Waals surface area contributed by atoms with Crippen LogP contribution in [0, 0.1) is 0 Å². The van der Waals surface area contributed by atoms with Crippen LogP contribution < -0.4 is 11.0 Å². The summed E-state index contributed by atoms with van der Waals surface area (Å²) in [6.45, 7) is 6.79. The van der Waals surface area contributed by atoms with Crippen LogP contribution in [-0.2, 0) is 6.54 Å². The molecule has 5 nitrogen and oxygen atoms in total. The first-order valence-electron chi connectivity index (χ1n) is 9.65. The summed E-state index contributed by atoms with van der Waals surface area (Å²) in [5.41, 5.74) is 1.22. The minimum atomic E-state index is -0.303. The van der Waals surface area contributed by atoms with Crippen LogP contribution in [0.3, 0.4) is 0 Å². The van der Waals surface area contributed by atoms with E-state index in [4.69, 9.17) is 0 Å². The van der Waals surface area contributed by atoms with Gasteiger partial charge in [-0.2, -0.15) is 0 Å². The Kier molecular flexibility index (Phi) is 7.29. The molecular formula is C20H31N3O2. The number of aryl methyl sites for hydroxylation is 1. The van der Waals surface area contributed by atoms with Crippen molar-refractivity contribution < 1.29 is 4.79 Å². The third-order valence-corrected chi connectivity index (χ3v) is 4.73. The average molecular weight is 345 g/mol. The third kappa shape index (κ3) is 4.53. The zero-order chi connectivity index (χ0) is 18.2. The largest absolute Gasteiger partial charge is 0.337 e. The molecule has 2 aromatic rings. The highest BCUT2D eigenvalue weighted by atomic mass is 16.2. The van der Waals surface area contributed by atoms with E-state index in [2.05, 4.69) is 19.2 Å². The maximum atomic E-state index is 12.8. The summed E-state index contributed by atoms with van der Waals surface area (Å²) in [4.78, 5) is 25.5. The van der Waals surface area contributed by atoms with Crippen molar-refractivity contribution in [3.63, 3.8) is 0 Å². The van der Waals surface area contributed by atoms with E-state index >= 15 is 0 Å². The van der Waals surface area contributed by atoms with Gasteiger partial charge < -0.3 is 5.32 Å². The summed E-state index contributed by atoms with van der Waals surface area (Å²) in [5, 5.41) is 3.09. The Labute approximate surface area is 150 Å². The number of carbonyl (C=O) groups is 1. The fourth-order valence-corrected chi connectivity index (χ4v) is 3.40. The molecule has 0 fully saturated rings. The second-order valence-electron chi connectivity index (χ2n) is 6.64. The van der Waals surface area contributed by atoms with Crippen LogP contribution in [-0.4, -0.2) is 21.2 Å². The molecule has 2 rings (SSSR count). The van der Waals surface area contributed by atoms with Gasteiger partial charge in [0.25, 0.3) is 0 Å². The first kappa shape index (κ1) is 19.3. The summed E-state index contributed by atoms with van der Waals surface area (Å²) in [5.74, 6) is 0. The minimum absolute atomic E-state index is 0.130. The van der Waals surface area contributed by atoms with Crippen molar-refractivity contribution in [1.82, 2.24) is 14.5 Å². The maximum absolute atomic E-state index is 12.8. The number of hydrogen-bond donors (Lipinski definition) is 1. The second-order valence-corrected chi connectivity index (χ2v) is 6.64. The number of imidazole rings is 1. The molecule has 0 bridgehead atoms. The van der Waals surface area contributed by atoms with Gasteiger partial charge in [-0.15, -0.1) is 0 Å². The smallest absolute Gasteiger partial charge is 0.335 e. The fraction of sp³-hybridized carbons (Fsp3) is 0.600. The van der Waals surface area contributed by atoms with Gasteiger partial charge in [0.05, 0.1) is 11.0 Å². The Morgan fingerprint density at radius 1 is 1.00 bits per heavy atom. The lowest BCUT2D eigenvalue weighted by atomic mass is 10.0. The lowest BCUT2D eigenvalue weighted by Crippen LogP contribution is -2.42. The number of nitrogens with one attached hydrogen (secondary N) is 1. The summed E-state index contributed by atoms with van der Waals surface area (Å²) in [6, 6.07) is 7.30. The molecule has 138 valence electrons. The van der Waals surface area contributed by atoms with Crippen molar-refractivity contribution in [2.24, 2.45) is 0 Å². The van der Waals surface area contributed by atoms with Crippen molar-refractivity contribution in [3.05, 3.63) is 34.7 Å². The number of aromatic nitrogens is 2. The number of fused-ring (bicyclic) bond motifs is 1. The number of rotatable bonds is 9. The van der Waals surface area contributed by atoms with Crippen molar-refractivity contribution >= 4 is 17.1 Å². The van der Waals surface area contributed by atoms with Gasteiger partial charge >= 0.3 is 11.7 Å². The number of nitrogens with zero attached hydrogens (tertiary/aromatic N) is 2. The molecule has 1 heterocycles. The van der Waals surface area contributed by atoms with Crippen molar-refractivity contribution in [2.75, 3.05) is 0 Å². The zero-order valence-electron chi connectivity index (χ0n) is 15.8. The lowest BCUT2D eigenvalue weighted by Gasteiger charge is -2.18. The molecule has 0 saturated heterocycles. The van der Waals surface area contributed by atoms with E-state index in [-0.39, 0.29) is 17.8 Å². The number of benzene rings is 1. The van der Waals surface area contributed by atoms with Crippen molar-refractivity contribution in [1.29, 1.82) is 0 Å². The summed E-state index contributed by atoms with van der Waals surface area (Å²) < 4.78 is 2.93. The average Bonchev–Trinajstić information content (AvgIpc) is 2.90. The first-order valence-corrected chi connectivity index (χ1v) is 9.65.